The van der Waals surface area contributed by atoms with E-state index in [1.54, 1.807) is 0 Å². The molecule has 126 valence electrons. The summed E-state index contributed by atoms with van der Waals surface area (Å²) in [6.45, 7) is 5.87. The lowest BCUT2D eigenvalue weighted by molar-refractivity contribution is 0.326. The number of nitrogens with two attached hydrogens (primary N) is 2. The summed E-state index contributed by atoms with van der Waals surface area (Å²) in [4.78, 5) is 18.4. The molecule has 0 spiro atoms. The van der Waals surface area contributed by atoms with Crippen LogP contribution in [0.25, 0.3) is 11.2 Å². The van der Waals surface area contributed by atoms with Crippen molar-refractivity contribution in [1.82, 2.24) is 34.6 Å². The summed E-state index contributed by atoms with van der Waals surface area (Å²) in [6, 6.07) is 0. The second-order valence-electron chi connectivity index (χ2n) is 6.21. The van der Waals surface area contributed by atoms with Crippen LogP contribution in [0.15, 0.2) is 12.4 Å². The van der Waals surface area contributed by atoms with Crippen LogP contribution in [-0.4, -0.2) is 47.7 Å². The summed E-state index contributed by atoms with van der Waals surface area (Å²) in [6.07, 6.45) is 5.09. The average molecular weight is 327 g/mol. The maximum atomic E-state index is 5.89. The number of hydrogen-bond acceptors (Lipinski definition) is 7. The molecule has 1 atom stereocenters. The summed E-state index contributed by atoms with van der Waals surface area (Å²) in [5.74, 6) is 1.74. The van der Waals surface area contributed by atoms with Crippen LogP contribution in [0.2, 0.25) is 0 Å². The van der Waals surface area contributed by atoms with Crippen molar-refractivity contribution in [3.8, 4) is 0 Å². The number of aryl methyl sites for hydroxylation is 1. The van der Waals surface area contributed by atoms with Crippen molar-refractivity contribution in [2.75, 3.05) is 24.6 Å². The quantitative estimate of drug-likeness (QED) is 0.644. The third-order valence-electron chi connectivity index (χ3n) is 4.49. The van der Waals surface area contributed by atoms with Crippen molar-refractivity contribution < 1.29 is 0 Å². The Morgan fingerprint density at radius 2 is 2.17 bits per heavy atom. The van der Waals surface area contributed by atoms with E-state index in [-0.39, 0.29) is 5.95 Å². The minimum Gasteiger partial charge on any atom is -0.382 e. The number of imidazole rings is 1. The third-order valence-corrected chi connectivity index (χ3v) is 4.49. The maximum Gasteiger partial charge on any atom is 0.224 e. The number of aromatic amines is 1. The van der Waals surface area contributed by atoms with E-state index in [4.69, 9.17) is 11.5 Å². The number of hydrogen-bond donors (Lipinski definition) is 3. The number of aromatic nitrogens is 6. The molecule has 0 aromatic carbocycles. The van der Waals surface area contributed by atoms with Gasteiger partial charge in [0.15, 0.2) is 11.5 Å². The molecule has 3 aromatic heterocycles. The van der Waals surface area contributed by atoms with Crippen LogP contribution in [0.1, 0.15) is 30.7 Å². The van der Waals surface area contributed by atoms with E-state index in [1.165, 1.54) is 5.56 Å². The van der Waals surface area contributed by atoms with E-state index in [9.17, 15) is 0 Å². The lowest BCUT2D eigenvalue weighted by atomic mass is 10.1. The van der Waals surface area contributed by atoms with E-state index < -0.39 is 0 Å². The van der Waals surface area contributed by atoms with Gasteiger partial charge in [0, 0.05) is 37.3 Å². The molecule has 3 aromatic rings. The smallest absolute Gasteiger partial charge is 0.224 e. The van der Waals surface area contributed by atoms with Crippen LogP contribution in [0.5, 0.6) is 0 Å². The van der Waals surface area contributed by atoms with Gasteiger partial charge in [-0.25, -0.2) is 4.98 Å². The Kier molecular flexibility index (Phi) is 3.57. The molecule has 0 saturated carbocycles. The first-order valence-corrected chi connectivity index (χ1v) is 8.14. The minimum atomic E-state index is 0.152. The molecule has 1 unspecified atom stereocenters. The normalized spacial score (nSPS) is 18.6. The fraction of sp³-hybridized carbons (Fsp3) is 0.467. The molecule has 1 aliphatic heterocycles. The zero-order chi connectivity index (χ0) is 16.7. The second kappa shape index (κ2) is 5.75. The standard InChI is InChI=1S/C15H21N9/c1-2-24-7-9(5-18-24)6-23-4-3-10(8-23)13-19-11-12(16)20-15(17)22-14(11)21-13/h5,7,10H,2-4,6,8H2,1H3,(H5,16,17,19,20,21,22). The first kappa shape index (κ1) is 14.9. The molecule has 5 N–H and O–H groups in total. The number of likely N-dealkylation sites (tertiary alicyclic amines) is 1. The van der Waals surface area contributed by atoms with Crippen LogP contribution >= 0.6 is 0 Å². The Morgan fingerprint density at radius 3 is 2.96 bits per heavy atom. The monoisotopic (exact) mass is 327 g/mol. The second-order valence-corrected chi connectivity index (χ2v) is 6.21. The van der Waals surface area contributed by atoms with Gasteiger partial charge >= 0.3 is 0 Å². The number of H-pyrrole nitrogens is 1. The third kappa shape index (κ3) is 2.67. The van der Waals surface area contributed by atoms with Gasteiger partial charge in [-0.15, -0.1) is 0 Å². The maximum absolute atomic E-state index is 5.89. The van der Waals surface area contributed by atoms with E-state index in [0.717, 1.165) is 38.4 Å². The molecule has 0 bridgehead atoms. The van der Waals surface area contributed by atoms with E-state index in [2.05, 4.69) is 43.1 Å². The summed E-state index contributed by atoms with van der Waals surface area (Å²) < 4.78 is 1.95. The molecule has 0 radical (unpaired) electrons. The highest BCUT2D eigenvalue weighted by Crippen LogP contribution is 2.28. The molecule has 4 heterocycles. The zero-order valence-electron chi connectivity index (χ0n) is 13.6. The number of nitrogens with zero attached hydrogens (tertiary/aromatic N) is 6. The fourth-order valence-electron chi connectivity index (χ4n) is 3.27. The molecule has 0 amide bonds. The molecule has 4 rings (SSSR count). The van der Waals surface area contributed by atoms with Gasteiger partial charge in [0.1, 0.15) is 11.3 Å². The molecular weight excluding hydrogens is 306 g/mol. The van der Waals surface area contributed by atoms with Gasteiger partial charge in [-0.2, -0.15) is 15.1 Å². The molecule has 0 aliphatic carbocycles. The van der Waals surface area contributed by atoms with Crippen LogP contribution < -0.4 is 11.5 Å². The number of anilines is 2. The van der Waals surface area contributed by atoms with Crippen molar-refractivity contribution in [3.05, 3.63) is 23.8 Å². The van der Waals surface area contributed by atoms with E-state index in [1.807, 2.05) is 10.9 Å². The Labute approximate surface area is 139 Å². The van der Waals surface area contributed by atoms with Gasteiger partial charge in [-0.1, -0.05) is 0 Å². The Morgan fingerprint density at radius 1 is 1.29 bits per heavy atom. The molecule has 9 heteroatoms. The van der Waals surface area contributed by atoms with Crippen LogP contribution in [0.4, 0.5) is 11.8 Å². The fourth-order valence-corrected chi connectivity index (χ4v) is 3.27. The summed E-state index contributed by atoms with van der Waals surface area (Å²) >= 11 is 0. The number of rotatable bonds is 4. The Balaban J connectivity index is 1.49. The first-order chi connectivity index (χ1) is 11.6. The number of nitrogens with one attached hydrogen (secondary N) is 1. The largest absolute Gasteiger partial charge is 0.382 e. The van der Waals surface area contributed by atoms with Crippen LogP contribution in [-0.2, 0) is 13.1 Å². The number of nitrogen functional groups attached to an aromatic ring is 2. The van der Waals surface area contributed by atoms with Crippen molar-refractivity contribution in [2.24, 2.45) is 0 Å². The van der Waals surface area contributed by atoms with Crippen molar-refractivity contribution in [3.63, 3.8) is 0 Å². The predicted molar refractivity (Wildman–Crippen MR) is 91.0 cm³/mol. The van der Waals surface area contributed by atoms with Gasteiger partial charge in [-0.05, 0) is 19.9 Å². The predicted octanol–water partition coefficient (Wildman–Crippen LogP) is 0.723. The van der Waals surface area contributed by atoms with Gasteiger partial charge in [0.2, 0.25) is 5.95 Å². The van der Waals surface area contributed by atoms with Gasteiger partial charge in [0.05, 0.1) is 6.20 Å². The molecule has 9 nitrogen and oxygen atoms in total. The summed E-state index contributed by atoms with van der Waals surface area (Å²) in [5, 5.41) is 4.33. The number of fused-ring (bicyclic) bond motifs is 1. The highest BCUT2D eigenvalue weighted by atomic mass is 15.3. The Hall–Kier alpha value is -2.68. The lowest BCUT2D eigenvalue weighted by Crippen LogP contribution is -2.19. The molecular formula is C15H21N9. The van der Waals surface area contributed by atoms with Crippen LogP contribution in [0, 0.1) is 0 Å². The summed E-state index contributed by atoms with van der Waals surface area (Å²) in [7, 11) is 0. The Bertz CT molecular complexity index is 865. The SMILES string of the molecule is CCn1cc(CN2CCC(c3nc4nc(N)nc(N)c4[nH]3)C2)cn1. The average Bonchev–Trinajstić information content (AvgIpc) is 3.26. The van der Waals surface area contributed by atoms with Gasteiger partial charge in [0.25, 0.3) is 0 Å². The minimum absolute atomic E-state index is 0.152. The molecule has 1 saturated heterocycles. The highest BCUT2D eigenvalue weighted by Gasteiger charge is 2.27. The van der Waals surface area contributed by atoms with Crippen LogP contribution in [0.3, 0.4) is 0 Å². The van der Waals surface area contributed by atoms with Gasteiger partial charge in [-0.3, -0.25) is 9.58 Å². The highest BCUT2D eigenvalue weighted by molar-refractivity contribution is 5.82. The first-order valence-electron chi connectivity index (χ1n) is 8.14. The lowest BCUT2D eigenvalue weighted by Gasteiger charge is -2.13. The van der Waals surface area contributed by atoms with Crippen molar-refractivity contribution in [2.45, 2.75) is 32.4 Å². The van der Waals surface area contributed by atoms with Gasteiger partial charge < -0.3 is 16.5 Å². The van der Waals surface area contributed by atoms with Crippen molar-refractivity contribution >= 4 is 22.9 Å². The van der Waals surface area contributed by atoms with Crippen molar-refractivity contribution in [1.29, 1.82) is 0 Å². The molecule has 1 aliphatic rings. The summed E-state index contributed by atoms with van der Waals surface area (Å²) in [5.41, 5.74) is 14.0. The zero-order valence-corrected chi connectivity index (χ0v) is 13.6. The van der Waals surface area contributed by atoms with E-state index in [0.29, 0.717) is 22.9 Å². The molecule has 1 fully saturated rings. The van der Waals surface area contributed by atoms with E-state index >= 15 is 0 Å². The topological polar surface area (TPSA) is 128 Å². The molecule has 24 heavy (non-hydrogen) atoms.